The van der Waals surface area contributed by atoms with Gasteiger partial charge in [-0.2, -0.15) is 0 Å². The van der Waals surface area contributed by atoms with Crippen LogP contribution in [0.1, 0.15) is 56.2 Å². The monoisotopic (exact) mass is 302 g/mol. The molecule has 1 saturated heterocycles. The van der Waals surface area contributed by atoms with Crippen molar-refractivity contribution < 1.29 is 9.90 Å². The van der Waals surface area contributed by atoms with Crippen molar-refractivity contribution in [1.29, 1.82) is 0 Å². The maximum absolute atomic E-state index is 12.5. The lowest BCUT2D eigenvalue weighted by molar-refractivity contribution is 0.0428. The maximum Gasteiger partial charge on any atom is 0.317 e. The normalized spacial score (nSPS) is 31.5. The van der Waals surface area contributed by atoms with Gasteiger partial charge in [-0.05, 0) is 42.2 Å². The summed E-state index contributed by atoms with van der Waals surface area (Å²) in [5, 5.41) is 13.2. The number of urea groups is 1. The molecule has 2 N–H and O–H groups in total. The molecule has 4 unspecified atom stereocenters. The summed E-state index contributed by atoms with van der Waals surface area (Å²) in [5.41, 5.74) is 2.60. The van der Waals surface area contributed by atoms with Crippen LogP contribution in [0.25, 0.3) is 0 Å². The molecule has 1 aromatic carbocycles. The summed E-state index contributed by atoms with van der Waals surface area (Å²) in [5.74, 6) is 0.835. The van der Waals surface area contributed by atoms with Crippen molar-refractivity contribution in [3.05, 3.63) is 35.4 Å². The number of fused-ring (bicyclic) bond motifs is 1. The van der Waals surface area contributed by atoms with Gasteiger partial charge in [0, 0.05) is 13.1 Å². The minimum absolute atomic E-state index is 0.0414. The van der Waals surface area contributed by atoms with Crippen LogP contribution in [0.2, 0.25) is 0 Å². The molecule has 1 aliphatic heterocycles. The first kappa shape index (κ1) is 15.3. The number of hydrogen-bond donors (Lipinski definition) is 2. The number of amides is 2. The largest absolute Gasteiger partial charge is 0.391 e. The zero-order valence-electron chi connectivity index (χ0n) is 13.5. The zero-order valence-corrected chi connectivity index (χ0v) is 13.5. The van der Waals surface area contributed by atoms with Gasteiger partial charge in [0.25, 0.3) is 0 Å². The second-order valence-electron chi connectivity index (χ2n) is 6.89. The van der Waals surface area contributed by atoms with Crippen molar-refractivity contribution in [2.45, 2.75) is 51.2 Å². The topological polar surface area (TPSA) is 52.6 Å². The van der Waals surface area contributed by atoms with E-state index in [4.69, 9.17) is 0 Å². The summed E-state index contributed by atoms with van der Waals surface area (Å²) in [7, 11) is 0. The predicted molar refractivity (Wildman–Crippen MR) is 86.7 cm³/mol. The van der Waals surface area contributed by atoms with E-state index in [1.807, 2.05) is 13.0 Å². The third-order valence-corrected chi connectivity index (χ3v) is 5.29. The Balaban J connectivity index is 1.69. The van der Waals surface area contributed by atoms with Gasteiger partial charge in [-0.1, -0.05) is 38.1 Å². The van der Waals surface area contributed by atoms with Crippen LogP contribution in [-0.4, -0.2) is 35.2 Å². The van der Waals surface area contributed by atoms with Gasteiger partial charge in [0.2, 0.25) is 0 Å². The first-order valence-corrected chi connectivity index (χ1v) is 8.38. The molecule has 2 aliphatic rings. The number of aliphatic hydroxyl groups excluding tert-OH is 1. The van der Waals surface area contributed by atoms with E-state index < -0.39 is 6.10 Å². The maximum atomic E-state index is 12.5. The lowest BCUT2D eigenvalue weighted by Crippen LogP contribution is -2.50. The van der Waals surface area contributed by atoms with Gasteiger partial charge in [0.1, 0.15) is 0 Å². The van der Waals surface area contributed by atoms with Crippen LogP contribution < -0.4 is 5.32 Å². The van der Waals surface area contributed by atoms with Crippen LogP contribution in [0, 0.1) is 5.92 Å². The van der Waals surface area contributed by atoms with E-state index in [9.17, 15) is 9.90 Å². The minimum Gasteiger partial charge on any atom is -0.391 e. The Kier molecular flexibility index (Phi) is 4.39. The Morgan fingerprint density at radius 1 is 1.18 bits per heavy atom. The van der Waals surface area contributed by atoms with Crippen molar-refractivity contribution in [2.24, 2.45) is 5.92 Å². The minimum atomic E-state index is -0.404. The average molecular weight is 302 g/mol. The van der Waals surface area contributed by atoms with Crippen molar-refractivity contribution in [3.8, 4) is 0 Å². The van der Waals surface area contributed by atoms with Gasteiger partial charge >= 0.3 is 6.03 Å². The molecule has 0 bridgehead atoms. The number of likely N-dealkylation sites (tertiary alicyclic amines) is 1. The smallest absolute Gasteiger partial charge is 0.317 e. The van der Waals surface area contributed by atoms with Crippen LogP contribution in [0.3, 0.4) is 0 Å². The molecule has 4 nitrogen and oxygen atoms in total. The Morgan fingerprint density at radius 3 is 2.64 bits per heavy atom. The summed E-state index contributed by atoms with van der Waals surface area (Å²) in [4.78, 5) is 14.3. The number of nitrogens with zero attached hydrogens (tertiary/aromatic N) is 1. The highest BCUT2D eigenvalue weighted by atomic mass is 16.3. The molecule has 1 aromatic rings. The summed E-state index contributed by atoms with van der Waals surface area (Å²) in [6.45, 7) is 5.46. The number of aliphatic hydroxyl groups is 1. The quantitative estimate of drug-likeness (QED) is 0.838. The molecular formula is C18H26N2O2. The van der Waals surface area contributed by atoms with Crippen LogP contribution >= 0.6 is 0 Å². The summed E-state index contributed by atoms with van der Waals surface area (Å²) in [6, 6.07) is 8.47. The van der Waals surface area contributed by atoms with Crippen molar-refractivity contribution >= 4 is 6.03 Å². The van der Waals surface area contributed by atoms with Crippen LogP contribution in [0.4, 0.5) is 4.79 Å². The van der Waals surface area contributed by atoms with E-state index in [1.165, 1.54) is 11.1 Å². The van der Waals surface area contributed by atoms with E-state index in [0.717, 1.165) is 25.8 Å². The van der Waals surface area contributed by atoms with Crippen LogP contribution in [0.15, 0.2) is 24.3 Å². The van der Waals surface area contributed by atoms with Crippen molar-refractivity contribution in [3.63, 3.8) is 0 Å². The van der Waals surface area contributed by atoms with Gasteiger partial charge in [-0.25, -0.2) is 4.79 Å². The predicted octanol–water partition coefficient (Wildman–Crippen LogP) is 3.04. The fraction of sp³-hybridized carbons (Fsp3) is 0.611. The van der Waals surface area contributed by atoms with Crippen LogP contribution in [0.5, 0.6) is 0 Å². The van der Waals surface area contributed by atoms with Gasteiger partial charge in [-0.3, -0.25) is 0 Å². The number of benzene rings is 1. The highest BCUT2D eigenvalue weighted by molar-refractivity contribution is 5.75. The number of carbonyl (C=O) groups is 1. The molecule has 3 rings (SSSR count). The molecule has 0 radical (unpaired) electrons. The number of hydrogen-bond acceptors (Lipinski definition) is 2. The summed E-state index contributed by atoms with van der Waals surface area (Å²) in [6.07, 6.45) is 2.55. The highest BCUT2D eigenvalue weighted by Crippen LogP contribution is 2.37. The molecule has 4 heteroatoms. The number of nitrogens with one attached hydrogen (secondary N) is 1. The molecule has 1 heterocycles. The Hall–Kier alpha value is -1.55. The lowest BCUT2D eigenvalue weighted by atomic mass is 9.81. The number of piperidine rings is 1. The molecule has 0 aromatic heterocycles. The average Bonchev–Trinajstić information content (AvgIpc) is 2.53. The molecule has 2 amide bonds. The molecule has 1 fully saturated rings. The zero-order chi connectivity index (χ0) is 15.7. The number of carbonyl (C=O) groups excluding carboxylic acids is 1. The molecule has 120 valence electrons. The van der Waals surface area contributed by atoms with E-state index in [-0.39, 0.29) is 18.0 Å². The Morgan fingerprint density at radius 2 is 1.91 bits per heavy atom. The highest BCUT2D eigenvalue weighted by Gasteiger charge is 2.30. The third kappa shape index (κ3) is 2.98. The first-order chi connectivity index (χ1) is 10.6. The second-order valence-corrected chi connectivity index (χ2v) is 6.89. The fourth-order valence-corrected chi connectivity index (χ4v) is 3.63. The fourth-order valence-electron chi connectivity index (χ4n) is 3.63. The van der Waals surface area contributed by atoms with E-state index in [1.54, 1.807) is 4.90 Å². The number of rotatable bonds is 1. The third-order valence-electron chi connectivity index (χ3n) is 5.29. The second kappa shape index (κ2) is 6.29. The molecule has 1 aliphatic carbocycles. The molecular weight excluding hydrogens is 276 g/mol. The SMILES string of the molecule is CC1CCC(NC(=O)N2CCC(C)C(O)C2)c2ccccc21. The molecule has 0 saturated carbocycles. The van der Waals surface area contributed by atoms with E-state index in [2.05, 4.69) is 30.4 Å². The van der Waals surface area contributed by atoms with Gasteiger partial charge < -0.3 is 15.3 Å². The molecule has 0 spiro atoms. The standard InChI is InChI=1S/C18H26N2O2/c1-12-7-8-16(15-6-4-3-5-14(12)15)19-18(22)20-10-9-13(2)17(21)11-20/h3-6,12-13,16-17,21H,7-11H2,1-2H3,(H,19,22). The first-order valence-electron chi connectivity index (χ1n) is 8.38. The van der Waals surface area contributed by atoms with Gasteiger partial charge in [-0.15, -0.1) is 0 Å². The Bertz CT molecular complexity index is 546. The van der Waals surface area contributed by atoms with Gasteiger partial charge in [0.15, 0.2) is 0 Å². The van der Waals surface area contributed by atoms with E-state index in [0.29, 0.717) is 12.5 Å². The number of β-amino-alcohol motifs (C(OH)–C–C–N with tert-alkyl or cyclic N) is 1. The van der Waals surface area contributed by atoms with Gasteiger partial charge in [0.05, 0.1) is 12.1 Å². The Labute approximate surface area is 132 Å². The summed E-state index contributed by atoms with van der Waals surface area (Å²) < 4.78 is 0. The molecule has 22 heavy (non-hydrogen) atoms. The van der Waals surface area contributed by atoms with Crippen molar-refractivity contribution in [1.82, 2.24) is 10.2 Å². The van der Waals surface area contributed by atoms with Crippen molar-refractivity contribution in [2.75, 3.05) is 13.1 Å². The van der Waals surface area contributed by atoms with E-state index >= 15 is 0 Å². The summed E-state index contributed by atoms with van der Waals surface area (Å²) >= 11 is 0. The van der Waals surface area contributed by atoms with Crippen LogP contribution in [-0.2, 0) is 0 Å². The molecule has 4 atom stereocenters. The lowest BCUT2D eigenvalue weighted by Gasteiger charge is -2.36.